The summed E-state index contributed by atoms with van der Waals surface area (Å²) in [6, 6.07) is 3.58. The number of anilines is 1. The molecule has 1 fully saturated rings. The van der Waals surface area contributed by atoms with Crippen molar-refractivity contribution in [3.8, 4) is 0 Å². The van der Waals surface area contributed by atoms with E-state index in [-0.39, 0.29) is 23.5 Å². The number of aliphatic hydroxyl groups excluding tert-OH is 3. The van der Waals surface area contributed by atoms with Gasteiger partial charge in [0, 0.05) is 6.54 Å². The molecule has 0 amide bonds. The van der Waals surface area contributed by atoms with Crippen molar-refractivity contribution in [2.45, 2.75) is 37.3 Å². The number of rotatable bonds is 5. The number of fused-ring (bicyclic) bond motifs is 1. The molecule has 1 saturated heterocycles. The maximum atomic E-state index is 13.1. The average Bonchev–Trinajstić information content (AvgIpc) is 3.28. The molecule has 1 aromatic carbocycles. The second-order valence-electron chi connectivity index (χ2n) is 6.94. The van der Waals surface area contributed by atoms with E-state index in [2.05, 4.69) is 20.3 Å². The summed E-state index contributed by atoms with van der Waals surface area (Å²) < 4.78 is 46.0. The van der Waals surface area contributed by atoms with Crippen molar-refractivity contribution in [2.24, 2.45) is 0 Å². The summed E-state index contributed by atoms with van der Waals surface area (Å²) in [5.41, 5.74) is -0.0639. The molecule has 0 radical (unpaired) electrons. The Hall–Kier alpha value is -2.51. The highest BCUT2D eigenvalue weighted by Crippen LogP contribution is 2.35. The number of hydrogen-bond acceptors (Lipinski definition) is 8. The van der Waals surface area contributed by atoms with Gasteiger partial charge < -0.3 is 25.4 Å². The number of benzene rings is 1. The summed E-state index contributed by atoms with van der Waals surface area (Å²) in [5, 5.41) is 32.0. The maximum Gasteiger partial charge on any atom is 0.417 e. The molecule has 0 bridgehead atoms. The first-order valence-electron chi connectivity index (χ1n) is 9.10. The van der Waals surface area contributed by atoms with Crippen LogP contribution in [0.1, 0.15) is 17.4 Å². The third-order valence-corrected chi connectivity index (χ3v) is 5.28. The lowest BCUT2D eigenvalue weighted by molar-refractivity contribution is -0.137. The van der Waals surface area contributed by atoms with Crippen LogP contribution in [0.2, 0.25) is 5.02 Å². The van der Waals surface area contributed by atoms with Crippen LogP contribution in [0.25, 0.3) is 11.2 Å². The van der Waals surface area contributed by atoms with Gasteiger partial charge in [0.25, 0.3) is 0 Å². The third-order valence-electron chi connectivity index (χ3n) is 4.95. The predicted molar refractivity (Wildman–Crippen MR) is 102 cm³/mol. The first-order valence-corrected chi connectivity index (χ1v) is 9.48. The summed E-state index contributed by atoms with van der Waals surface area (Å²) in [6.45, 7) is -0.475. The number of ether oxygens (including phenoxy) is 1. The van der Waals surface area contributed by atoms with Gasteiger partial charge in [-0.3, -0.25) is 4.57 Å². The molecule has 13 heteroatoms. The topological polar surface area (TPSA) is 126 Å². The van der Waals surface area contributed by atoms with Crippen LogP contribution in [-0.2, 0) is 17.5 Å². The zero-order valence-corrected chi connectivity index (χ0v) is 16.4. The van der Waals surface area contributed by atoms with Crippen LogP contribution >= 0.6 is 11.6 Å². The Kier molecular flexibility index (Phi) is 5.75. The Morgan fingerprint density at radius 2 is 1.94 bits per heavy atom. The Bertz CT molecular complexity index is 1100. The highest BCUT2D eigenvalue weighted by Gasteiger charge is 2.44. The van der Waals surface area contributed by atoms with E-state index in [4.69, 9.17) is 16.3 Å². The zero-order valence-electron chi connectivity index (χ0n) is 15.7. The van der Waals surface area contributed by atoms with Crippen LogP contribution in [0, 0.1) is 0 Å². The van der Waals surface area contributed by atoms with Gasteiger partial charge in [0.05, 0.1) is 23.5 Å². The number of nitrogens with zero attached hydrogens (tertiary/aromatic N) is 4. The van der Waals surface area contributed by atoms with E-state index in [1.807, 2.05) is 0 Å². The summed E-state index contributed by atoms with van der Waals surface area (Å²) in [4.78, 5) is 12.4. The van der Waals surface area contributed by atoms with Crippen molar-refractivity contribution in [2.75, 3.05) is 11.9 Å². The number of aromatic nitrogens is 4. The number of nitrogens with one attached hydrogen (secondary N) is 1. The van der Waals surface area contributed by atoms with E-state index in [0.717, 1.165) is 6.07 Å². The highest BCUT2D eigenvalue weighted by molar-refractivity contribution is 6.31. The van der Waals surface area contributed by atoms with Crippen molar-refractivity contribution < 1.29 is 33.2 Å². The SMILES string of the molecule is OC[C@H]1OC(n2cnc3c(NCc4ccc(Cl)c(C(F)(F)F)c4)ncnc32)[C@H](O)[C@@H]1O. The largest absolute Gasteiger partial charge is 0.417 e. The van der Waals surface area contributed by atoms with Crippen LogP contribution < -0.4 is 5.32 Å². The van der Waals surface area contributed by atoms with Gasteiger partial charge in [-0.2, -0.15) is 13.2 Å². The standard InChI is InChI=1S/C18H17ClF3N5O4/c19-10-2-1-8(3-9(10)18(20,21)22)4-23-15-12-16(25-6-24-15)27(7-26-12)17-14(30)13(29)11(5-28)31-17/h1-3,6-7,11,13-14,17,28-30H,4-5H2,(H,23,24,25)/t11-,13-,14-,17?/m1/s1. The number of imidazole rings is 1. The first kappa shape index (κ1) is 21.7. The molecule has 0 saturated carbocycles. The molecule has 1 aliphatic rings. The second-order valence-corrected chi connectivity index (χ2v) is 7.35. The average molecular weight is 460 g/mol. The highest BCUT2D eigenvalue weighted by atomic mass is 35.5. The maximum absolute atomic E-state index is 13.1. The fourth-order valence-corrected chi connectivity index (χ4v) is 3.59. The van der Waals surface area contributed by atoms with Crippen LogP contribution in [-0.4, -0.2) is 59.8 Å². The van der Waals surface area contributed by atoms with Crippen LogP contribution in [0.5, 0.6) is 0 Å². The number of aliphatic hydroxyl groups is 3. The molecule has 4 rings (SSSR count). The van der Waals surface area contributed by atoms with Crippen molar-refractivity contribution in [1.29, 1.82) is 0 Å². The zero-order chi connectivity index (χ0) is 22.3. The van der Waals surface area contributed by atoms with Crippen molar-refractivity contribution in [1.82, 2.24) is 19.5 Å². The molecule has 0 spiro atoms. The van der Waals surface area contributed by atoms with E-state index < -0.39 is 47.9 Å². The second kappa shape index (κ2) is 8.20. The number of alkyl halides is 3. The number of halogens is 4. The molecular weight excluding hydrogens is 443 g/mol. The molecule has 4 atom stereocenters. The molecular formula is C18H17ClF3N5O4. The van der Waals surface area contributed by atoms with E-state index in [1.54, 1.807) is 0 Å². The molecule has 4 N–H and O–H groups in total. The van der Waals surface area contributed by atoms with Gasteiger partial charge in [0.2, 0.25) is 0 Å². The summed E-state index contributed by atoms with van der Waals surface area (Å²) in [6.07, 6.45) is -6.65. The Morgan fingerprint density at radius 3 is 2.61 bits per heavy atom. The Balaban J connectivity index is 1.58. The third kappa shape index (κ3) is 4.04. The predicted octanol–water partition coefficient (Wildman–Crippen LogP) is 1.72. The molecule has 3 aromatic rings. The molecule has 1 aliphatic heterocycles. The lowest BCUT2D eigenvalue weighted by Gasteiger charge is -2.16. The van der Waals surface area contributed by atoms with Gasteiger partial charge >= 0.3 is 6.18 Å². The Morgan fingerprint density at radius 1 is 1.16 bits per heavy atom. The fraction of sp³-hybridized carbons (Fsp3) is 0.389. The summed E-state index contributed by atoms with van der Waals surface area (Å²) in [5.74, 6) is 0.249. The molecule has 31 heavy (non-hydrogen) atoms. The minimum Gasteiger partial charge on any atom is -0.394 e. The van der Waals surface area contributed by atoms with Gasteiger partial charge in [-0.25, -0.2) is 15.0 Å². The van der Waals surface area contributed by atoms with E-state index in [1.165, 1.54) is 29.4 Å². The minimum atomic E-state index is -4.58. The smallest absolute Gasteiger partial charge is 0.394 e. The lowest BCUT2D eigenvalue weighted by Crippen LogP contribution is -2.33. The van der Waals surface area contributed by atoms with Crippen molar-refractivity contribution in [3.05, 3.63) is 47.0 Å². The monoisotopic (exact) mass is 459 g/mol. The van der Waals surface area contributed by atoms with Crippen molar-refractivity contribution in [3.63, 3.8) is 0 Å². The van der Waals surface area contributed by atoms with Gasteiger partial charge in [-0.15, -0.1) is 0 Å². The molecule has 1 unspecified atom stereocenters. The van der Waals surface area contributed by atoms with E-state index >= 15 is 0 Å². The van der Waals surface area contributed by atoms with Gasteiger partial charge in [-0.1, -0.05) is 17.7 Å². The molecule has 3 heterocycles. The molecule has 9 nitrogen and oxygen atoms in total. The first-order chi connectivity index (χ1) is 14.7. The van der Waals surface area contributed by atoms with Gasteiger partial charge in [-0.05, 0) is 17.7 Å². The minimum absolute atomic E-state index is 0.00702. The molecule has 2 aromatic heterocycles. The van der Waals surface area contributed by atoms with Gasteiger partial charge in [0.1, 0.15) is 24.6 Å². The molecule has 166 valence electrons. The summed E-state index contributed by atoms with van der Waals surface area (Å²) in [7, 11) is 0. The van der Waals surface area contributed by atoms with Gasteiger partial charge in [0.15, 0.2) is 23.2 Å². The lowest BCUT2D eigenvalue weighted by atomic mass is 10.1. The quantitative estimate of drug-likeness (QED) is 0.454. The van der Waals surface area contributed by atoms with E-state index in [9.17, 15) is 28.5 Å². The summed E-state index contributed by atoms with van der Waals surface area (Å²) >= 11 is 5.64. The molecule has 0 aliphatic carbocycles. The van der Waals surface area contributed by atoms with E-state index in [0.29, 0.717) is 5.56 Å². The van der Waals surface area contributed by atoms with Crippen LogP contribution in [0.3, 0.4) is 0 Å². The fourth-order valence-electron chi connectivity index (χ4n) is 3.36. The van der Waals surface area contributed by atoms with Crippen LogP contribution in [0.15, 0.2) is 30.9 Å². The normalized spacial score (nSPS) is 24.1. The van der Waals surface area contributed by atoms with Crippen molar-refractivity contribution >= 4 is 28.6 Å². The Labute approximate surface area is 178 Å². The van der Waals surface area contributed by atoms with Crippen LogP contribution in [0.4, 0.5) is 19.0 Å². The number of hydrogen-bond donors (Lipinski definition) is 4.